The monoisotopic (exact) mass is 425 g/mol. The van der Waals surface area contributed by atoms with Crippen molar-refractivity contribution in [2.45, 2.75) is 0 Å². The molecule has 0 radical (unpaired) electrons. The quantitative estimate of drug-likeness (QED) is 0.531. The molecule has 5 rings (SSSR count). The Hall–Kier alpha value is -3.24. The van der Waals surface area contributed by atoms with Crippen molar-refractivity contribution in [1.82, 2.24) is 15.0 Å². The van der Waals surface area contributed by atoms with Crippen LogP contribution in [0, 0.1) is 0 Å². The average Bonchev–Trinajstić information content (AvgIpc) is 3.11. The zero-order chi connectivity index (χ0) is 20.7. The molecule has 1 aliphatic heterocycles. The van der Waals surface area contributed by atoms with Gasteiger partial charge in [-0.15, -0.1) is 0 Å². The molecule has 9 nitrogen and oxygen atoms in total. The van der Waals surface area contributed by atoms with Crippen LogP contribution < -0.4 is 9.62 Å². The van der Waals surface area contributed by atoms with Gasteiger partial charge in [0, 0.05) is 30.5 Å². The standard InChI is InChI=1S/C20H19N5O4S/c1-30(26,27)24-14-5-2-4-13(12-14)18-22-16-15-6-3-7-21-20(15)29-17(16)19(23-18)25-8-10-28-11-9-25/h2-7,12,24H,8-11H2,1H3. The number of sulfonamides is 1. The molecule has 0 aliphatic carbocycles. The van der Waals surface area contributed by atoms with Crippen molar-refractivity contribution in [1.29, 1.82) is 0 Å². The predicted octanol–water partition coefficient (Wildman–Crippen LogP) is 2.65. The Morgan fingerprint density at radius 1 is 1.10 bits per heavy atom. The first-order valence-electron chi connectivity index (χ1n) is 9.44. The summed E-state index contributed by atoms with van der Waals surface area (Å²) < 4.78 is 37.2. The molecule has 1 aliphatic rings. The number of hydrogen-bond donors (Lipinski definition) is 1. The van der Waals surface area contributed by atoms with E-state index < -0.39 is 10.0 Å². The summed E-state index contributed by atoms with van der Waals surface area (Å²) in [7, 11) is -3.39. The highest BCUT2D eigenvalue weighted by atomic mass is 32.2. The van der Waals surface area contributed by atoms with E-state index in [2.05, 4.69) is 14.6 Å². The van der Waals surface area contributed by atoms with Crippen molar-refractivity contribution in [3.63, 3.8) is 0 Å². The molecule has 1 N–H and O–H groups in total. The third-order valence-corrected chi connectivity index (χ3v) is 5.41. The van der Waals surface area contributed by atoms with Crippen LogP contribution >= 0.6 is 0 Å². The van der Waals surface area contributed by atoms with E-state index >= 15 is 0 Å². The summed E-state index contributed by atoms with van der Waals surface area (Å²) in [4.78, 5) is 16.0. The van der Waals surface area contributed by atoms with Crippen LogP contribution in [0.5, 0.6) is 0 Å². The minimum Gasteiger partial charge on any atom is -0.432 e. The van der Waals surface area contributed by atoms with Crippen LogP contribution in [0.4, 0.5) is 11.5 Å². The van der Waals surface area contributed by atoms with Crippen molar-refractivity contribution >= 4 is 43.7 Å². The molecule has 4 aromatic rings. The first-order valence-corrected chi connectivity index (χ1v) is 11.3. The van der Waals surface area contributed by atoms with Crippen molar-refractivity contribution in [3.8, 4) is 11.4 Å². The van der Waals surface area contributed by atoms with Gasteiger partial charge in [-0.3, -0.25) is 4.72 Å². The lowest BCUT2D eigenvalue weighted by atomic mass is 10.2. The largest absolute Gasteiger partial charge is 0.432 e. The van der Waals surface area contributed by atoms with Crippen molar-refractivity contribution < 1.29 is 17.6 Å². The Balaban J connectivity index is 1.71. The van der Waals surface area contributed by atoms with Gasteiger partial charge in [0.2, 0.25) is 15.7 Å². The normalized spacial score (nSPS) is 15.0. The van der Waals surface area contributed by atoms with Gasteiger partial charge in [0.05, 0.1) is 24.9 Å². The highest BCUT2D eigenvalue weighted by Gasteiger charge is 2.23. The Bertz CT molecular complexity index is 1350. The predicted molar refractivity (Wildman–Crippen MR) is 114 cm³/mol. The number of benzene rings is 1. The molecule has 3 aromatic heterocycles. The molecular formula is C20H19N5O4S. The zero-order valence-electron chi connectivity index (χ0n) is 16.2. The molecule has 30 heavy (non-hydrogen) atoms. The van der Waals surface area contributed by atoms with Gasteiger partial charge >= 0.3 is 0 Å². The maximum atomic E-state index is 11.6. The molecule has 0 spiro atoms. The van der Waals surface area contributed by atoms with Crippen LogP contribution in [0.2, 0.25) is 0 Å². The lowest BCUT2D eigenvalue weighted by Gasteiger charge is -2.27. The topological polar surface area (TPSA) is 110 Å². The minimum atomic E-state index is -3.39. The van der Waals surface area contributed by atoms with Crippen LogP contribution in [-0.4, -0.2) is 55.9 Å². The summed E-state index contributed by atoms with van der Waals surface area (Å²) in [5.41, 5.74) is 2.90. The van der Waals surface area contributed by atoms with Crippen molar-refractivity contribution in [2.24, 2.45) is 0 Å². The lowest BCUT2D eigenvalue weighted by molar-refractivity contribution is 0.122. The summed E-state index contributed by atoms with van der Waals surface area (Å²) in [6.07, 6.45) is 2.79. The number of anilines is 2. The molecule has 0 bridgehead atoms. The lowest BCUT2D eigenvalue weighted by Crippen LogP contribution is -2.37. The number of rotatable bonds is 4. The first-order chi connectivity index (χ1) is 14.5. The van der Waals surface area contributed by atoms with Crippen LogP contribution in [0.3, 0.4) is 0 Å². The molecule has 1 aromatic carbocycles. The summed E-state index contributed by atoms with van der Waals surface area (Å²) in [6, 6.07) is 10.8. The third kappa shape index (κ3) is 3.55. The molecule has 1 fully saturated rings. The number of aromatic nitrogens is 3. The summed E-state index contributed by atoms with van der Waals surface area (Å²) in [5, 5.41) is 0.802. The number of pyridine rings is 1. The summed E-state index contributed by atoms with van der Waals surface area (Å²) >= 11 is 0. The van der Waals surface area contributed by atoms with Crippen LogP contribution in [-0.2, 0) is 14.8 Å². The fourth-order valence-electron chi connectivity index (χ4n) is 3.52. The zero-order valence-corrected chi connectivity index (χ0v) is 17.0. The summed E-state index contributed by atoms with van der Waals surface area (Å²) in [5.74, 6) is 1.16. The van der Waals surface area contributed by atoms with E-state index in [1.807, 2.05) is 18.2 Å². The maximum Gasteiger partial charge on any atom is 0.229 e. The van der Waals surface area contributed by atoms with Gasteiger partial charge in [-0.25, -0.2) is 23.4 Å². The van der Waals surface area contributed by atoms with E-state index in [1.165, 1.54) is 0 Å². The van der Waals surface area contributed by atoms with Gasteiger partial charge < -0.3 is 14.1 Å². The van der Waals surface area contributed by atoms with Crippen molar-refractivity contribution in [3.05, 3.63) is 42.6 Å². The van der Waals surface area contributed by atoms with E-state index in [1.54, 1.807) is 24.4 Å². The third-order valence-electron chi connectivity index (χ3n) is 4.81. The SMILES string of the molecule is CS(=O)(=O)Nc1cccc(-c2nc(N3CCOCC3)c3oc4ncccc4c3n2)c1. The number of hydrogen-bond acceptors (Lipinski definition) is 8. The van der Waals surface area contributed by atoms with E-state index in [-0.39, 0.29) is 0 Å². The second-order valence-electron chi connectivity index (χ2n) is 7.06. The van der Waals surface area contributed by atoms with Gasteiger partial charge in [-0.2, -0.15) is 0 Å². The average molecular weight is 425 g/mol. The van der Waals surface area contributed by atoms with Crippen molar-refractivity contribution in [2.75, 3.05) is 42.2 Å². The Morgan fingerprint density at radius 2 is 1.93 bits per heavy atom. The number of fused-ring (bicyclic) bond motifs is 3. The number of nitrogens with one attached hydrogen (secondary N) is 1. The number of furan rings is 1. The van der Waals surface area contributed by atoms with Gasteiger partial charge in [-0.05, 0) is 24.3 Å². The molecule has 0 atom stereocenters. The van der Waals surface area contributed by atoms with Gasteiger partial charge in [0.15, 0.2) is 17.2 Å². The second-order valence-corrected chi connectivity index (χ2v) is 8.81. The molecule has 4 heterocycles. The van der Waals surface area contributed by atoms with Crippen LogP contribution in [0.25, 0.3) is 33.6 Å². The Morgan fingerprint density at radius 3 is 2.73 bits per heavy atom. The molecular weight excluding hydrogens is 406 g/mol. The van der Waals surface area contributed by atoms with Crippen LogP contribution in [0.15, 0.2) is 47.0 Å². The molecule has 0 saturated carbocycles. The molecule has 154 valence electrons. The fourth-order valence-corrected chi connectivity index (χ4v) is 4.07. The molecule has 1 saturated heterocycles. The molecule has 0 amide bonds. The number of ether oxygens (including phenoxy) is 1. The smallest absolute Gasteiger partial charge is 0.229 e. The fraction of sp³-hybridized carbons (Fsp3) is 0.250. The highest BCUT2D eigenvalue weighted by molar-refractivity contribution is 7.92. The Kier molecular flexibility index (Phi) is 4.52. The van der Waals surface area contributed by atoms with Crippen LogP contribution in [0.1, 0.15) is 0 Å². The maximum absolute atomic E-state index is 11.6. The molecule has 0 unspecified atom stereocenters. The van der Waals surface area contributed by atoms with Gasteiger partial charge in [0.25, 0.3) is 0 Å². The second kappa shape index (κ2) is 7.22. The Labute approximate surface area is 172 Å². The number of nitrogens with zero attached hydrogens (tertiary/aromatic N) is 4. The van der Waals surface area contributed by atoms with Gasteiger partial charge in [-0.1, -0.05) is 12.1 Å². The minimum absolute atomic E-state index is 0.449. The van der Waals surface area contributed by atoms with Gasteiger partial charge in [0.1, 0.15) is 5.52 Å². The summed E-state index contributed by atoms with van der Waals surface area (Å²) in [6.45, 7) is 2.58. The van der Waals surface area contributed by atoms with E-state index in [9.17, 15) is 8.42 Å². The molecule has 10 heteroatoms. The van der Waals surface area contributed by atoms with E-state index in [4.69, 9.17) is 19.1 Å². The highest BCUT2D eigenvalue weighted by Crippen LogP contribution is 2.34. The van der Waals surface area contributed by atoms with E-state index in [0.29, 0.717) is 66.0 Å². The number of morpholine rings is 1. The first kappa shape index (κ1) is 18.8. The van der Waals surface area contributed by atoms with E-state index in [0.717, 1.165) is 11.6 Å².